The number of ether oxygens (including phenoxy) is 1. The van der Waals surface area contributed by atoms with Gasteiger partial charge in [-0.2, -0.15) is 0 Å². The molecule has 0 aromatic heterocycles. The summed E-state index contributed by atoms with van der Waals surface area (Å²) in [6.45, 7) is 4.50. The summed E-state index contributed by atoms with van der Waals surface area (Å²) in [4.78, 5) is 0. The van der Waals surface area contributed by atoms with Crippen molar-refractivity contribution in [2.75, 3.05) is 7.11 Å². The molecule has 1 aromatic rings. The zero-order valence-corrected chi connectivity index (χ0v) is 11.8. The molecule has 0 spiro atoms. The molecule has 1 saturated carbocycles. The molecule has 18 heavy (non-hydrogen) atoms. The number of hydrogen-bond acceptors (Lipinski definition) is 2. The smallest absolute Gasteiger partial charge is 0.123 e. The summed E-state index contributed by atoms with van der Waals surface area (Å²) < 4.78 is 5.49. The van der Waals surface area contributed by atoms with Crippen LogP contribution in [0.1, 0.15) is 63.0 Å². The maximum absolute atomic E-state index is 6.47. The Morgan fingerprint density at radius 1 is 1.28 bits per heavy atom. The van der Waals surface area contributed by atoms with Gasteiger partial charge in [-0.1, -0.05) is 19.9 Å². The highest BCUT2D eigenvalue weighted by Gasteiger charge is 2.37. The van der Waals surface area contributed by atoms with Gasteiger partial charge in [0.2, 0.25) is 0 Å². The van der Waals surface area contributed by atoms with Crippen molar-refractivity contribution < 1.29 is 4.74 Å². The Kier molecular flexibility index (Phi) is 3.96. The Hall–Kier alpha value is -1.02. The predicted octanol–water partition coefficient (Wildman–Crippen LogP) is 3.94. The molecule has 2 N–H and O–H groups in total. The third-order valence-corrected chi connectivity index (χ3v) is 4.46. The summed E-state index contributed by atoms with van der Waals surface area (Å²) in [5.74, 6) is 1.59. The van der Waals surface area contributed by atoms with Crippen LogP contribution in [0.15, 0.2) is 18.2 Å². The van der Waals surface area contributed by atoms with Crippen molar-refractivity contribution in [1.29, 1.82) is 0 Å². The van der Waals surface area contributed by atoms with E-state index in [1.54, 1.807) is 7.11 Å². The lowest BCUT2D eigenvalue weighted by atomic mass is 9.71. The Bertz CT molecular complexity index is 406. The fourth-order valence-corrected chi connectivity index (χ4v) is 2.96. The van der Waals surface area contributed by atoms with Crippen LogP contribution in [0.4, 0.5) is 0 Å². The second-order valence-corrected chi connectivity index (χ2v) is 5.48. The van der Waals surface area contributed by atoms with E-state index in [1.165, 1.54) is 30.4 Å². The Labute approximate surface area is 111 Å². The van der Waals surface area contributed by atoms with Crippen molar-refractivity contribution in [3.63, 3.8) is 0 Å². The van der Waals surface area contributed by atoms with Gasteiger partial charge in [0, 0.05) is 11.1 Å². The first-order valence-electron chi connectivity index (χ1n) is 7.12. The van der Waals surface area contributed by atoms with Gasteiger partial charge >= 0.3 is 0 Å². The summed E-state index contributed by atoms with van der Waals surface area (Å²) in [5, 5.41) is 0. The molecule has 0 unspecified atom stereocenters. The summed E-state index contributed by atoms with van der Waals surface area (Å²) in [5.41, 5.74) is 8.95. The highest BCUT2D eigenvalue weighted by atomic mass is 16.5. The van der Waals surface area contributed by atoms with Crippen LogP contribution in [-0.4, -0.2) is 7.11 Å². The van der Waals surface area contributed by atoms with Crippen LogP contribution in [-0.2, 0) is 5.54 Å². The lowest BCUT2D eigenvalue weighted by Gasteiger charge is -2.39. The first-order valence-corrected chi connectivity index (χ1v) is 7.12. The van der Waals surface area contributed by atoms with Gasteiger partial charge in [0.25, 0.3) is 0 Å². The van der Waals surface area contributed by atoms with Gasteiger partial charge in [0.05, 0.1) is 7.11 Å². The summed E-state index contributed by atoms with van der Waals surface area (Å²) in [7, 11) is 1.73. The molecule has 2 rings (SSSR count). The second kappa shape index (κ2) is 5.31. The van der Waals surface area contributed by atoms with E-state index in [1.807, 2.05) is 0 Å². The molecule has 2 nitrogen and oxygen atoms in total. The van der Waals surface area contributed by atoms with Gasteiger partial charge in [0.1, 0.15) is 5.75 Å². The Morgan fingerprint density at radius 3 is 2.39 bits per heavy atom. The predicted molar refractivity (Wildman–Crippen MR) is 76.0 cm³/mol. The topological polar surface area (TPSA) is 35.2 Å². The van der Waals surface area contributed by atoms with E-state index >= 15 is 0 Å². The summed E-state index contributed by atoms with van der Waals surface area (Å²) >= 11 is 0. The van der Waals surface area contributed by atoms with E-state index in [0.717, 1.165) is 18.6 Å². The molecule has 1 aliphatic carbocycles. The maximum Gasteiger partial charge on any atom is 0.123 e. The van der Waals surface area contributed by atoms with Gasteiger partial charge in [-0.15, -0.1) is 0 Å². The van der Waals surface area contributed by atoms with Crippen molar-refractivity contribution in [3.8, 4) is 5.75 Å². The quantitative estimate of drug-likeness (QED) is 0.855. The molecule has 0 atom stereocenters. The monoisotopic (exact) mass is 247 g/mol. The van der Waals surface area contributed by atoms with Crippen LogP contribution < -0.4 is 10.5 Å². The fraction of sp³-hybridized carbons (Fsp3) is 0.625. The van der Waals surface area contributed by atoms with Crippen molar-refractivity contribution in [2.45, 2.75) is 57.4 Å². The number of nitrogens with two attached hydrogens (primary N) is 1. The molecular weight excluding hydrogens is 222 g/mol. The first kappa shape index (κ1) is 13.4. The van der Waals surface area contributed by atoms with E-state index in [4.69, 9.17) is 10.5 Å². The van der Waals surface area contributed by atoms with Crippen LogP contribution in [0, 0.1) is 0 Å². The van der Waals surface area contributed by atoms with Crippen LogP contribution >= 0.6 is 0 Å². The molecule has 0 amide bonds. The summed E-state index contributed by atoms with van der Waals surface area (Å²) in [6, 6.07) is 6.58. The van der Waals surface area contributed by atoms with Crippen LogP contribution in [0.5, 0.6) is 5.75 Å². The third-order valence-electron chi connectivity index (χ3n) is 4.46. The van der Waals surface area contributed by atoms with Gasteiger partial charge in [-0.3, -0.25) is 0 Å². The molecule has 1 aromatic carbocycles. The summed E-state index contributed by atoms with van der Waals surface area (Å²) in [6.07, 6.45) is 5.75. The highest BCUT2D eigenvalue weighted by Crippen LogP contribution is 2.44. The van der Waals surface area contributed by atoms with Crippen molar-refractivity contribution in [2.24, 2.45) is 5.73 Å². The minimum absolute atomic E-state index is 0.145. The first-order chi connectivity index (χ1) is 8.64. The number of methoxy groups -OCH3 is 1. The lowest BCUT2D eigenvalue weighted by Crippen LogP contribution is -2.43. The fourth-order valence-electron chi connectivity index (χ4n) is 2.96. The Morgan fingerprint density at radius 2 is 1.94 bits per heavy atom. The van der Waals surface area contributed by atoms with Gasteiger partial charge in [-0.05, 0) is 55.7 Å². The van der Waals surface area contributed by atoms with E-state index < -0.39 is 0 Å². The maximum atomic E-state index is 6.47. The van der Waals surface area contributed by atoms with Crippen molar-refractivity contribution >= 4 is 0 Å². The average molecular weight is 247 g/mol. The minimum atomic E-state index is -0.145. The van der Waals surface area contributed by atoms with E-state index in [2.05, 4.69) is 32.0 Å². The molecule has 1 aliphatic rings. The number of benzene rings is 1. The minimum Gasteiger partial charge on any atom is -0.496 e. The zero-order chi connectivity index (χ0) is 13.2. The van der Waals surface area contributed by atoms with Gasteiger partial charge < -0.3 is 10.5 Å². The normalized spacial score (nSPS) is 17.6. The van der Waals surface area contributed by atoms with Gasteiger partial charge in [0.15, 0.2) is 0 Å². The molecule has 0 heterocycles. The largest absolute Gasteiger partial charge is 0.496 e. The molecule has 1 fully saturated rings. The zero-order valence-electron chi connectivity index (χ0n) is 11.8. The number of hydrogen-bond donors (Lipinski definition) is 1. The van der Waals surface area contributed by atoms with Crippen LogP contribution in [0.25, 0.3) is 0 Å². The molecular formula is C16H25NO. The lowest BCUT2D eigenvalue weighted by molar-refractivity contribution is 0.243. The molecule has 2 heteroatoms. The van der Waals surface area contributed by atoms with E-state index in [9.17, 15) is 0 Å². The number of rotatable bonds is 5. The molecule has 0 saturated heterocycles. The molecule has 0 aliphatic heterocycles. The molecule has 100 valence electrons. The standard InChI is InChI=1S/C16H25NO/c1-4-12(5-2)13-7-8-15(18-3)14(11-13)16(17)9-6-10-16/h7-8,11-12H,4-6,9-10,17H2,1-3H3. The molecule has 0 radical (unpaired) electrons. The van der Waals surface area contributed by atoms with Crippen LogP contribution in [0.2, 0.25) is 0 Å². The second-order valence-electron chi connectivity index (χ2n) is 5.48. The third kappa shape index (κ3) is 2.26. The van der Waals surface area contributed by atoms with E-state index in [0.29, 0.717) is 5.92 Å². The highest BCUT2D eigenvalue weighted by molar-refractivity contribution is 5.44. The van der Waals surface area contributed by atoms with Gasteiger partial charge in [-0.25, -0.2) is 0 Å². The van der Waals surface area contributed by atoms with Crippen molar-refractivity contribution in [3.05, 3.63) is 29.3 Å². The van der Waals surface area contributed by atoms with E-state index in [-0.39, 0.29) is 5.54 Å². The Balaban J connectivity index is 2.39. The molecule has 0 bridgehead atoms. The SMILES string of the molecule is CCC(CC)c1ccc(OC)c(C2(N)CCC2)c1. The van der Waals surface area contributed by atoms with Crippen LogP contribution in [0.3, 0.4) is 0 Å². The average Bonchev–Trinajstić information content (AvgIpc) is 2.37. The van der Waals surface area contributed by atoms with Crippen molar-refractivity contribution in [1.82, 2.24) is 0 Å².